The first-order valence-electron chi connectivity index (χ1n) is 4.16. The third kappa shape index (κ3) is 2.49. The molecule has 4 heteroatoms. The van der Waals surface area contributed by atoms with Crippen LogP contribution in [0.4, 0.5) is 0 Å². The van der Waals surface area contributed by atoms with Crippen LogP contribution in [-0.4, -0.2) is 16.2 Å². The molecular formula is C10H10BrClO2. The summed E-state index contributed by atoms with van der Waals surface area (Å²) in [6.45, 7) is 0. The van der Waals surface area contributed by atoms with E-state index in [0.717, 1.165) is 0 Å². The van der Waals surface area contributed by atoms with E-state index in [1.165, 1.54) is 6.07 Å². The molecule has 0 radical (unpaired) electrons. The van der Waals surface area contributed by atoms with Crippen molar-refractivity contribution in [3.63, 3.8) is 0 Å². The molecule has 0 unspecified atom stereocenters. The third-order valence-electron chi connectivity index (χ3n) is 1.87. The average Bonchev–Trinajstić information content (AvgIpc) is 2.17. The van der Waals surface area contributed by atoms with Gasteiger partial charge in [0.05, 0.1) is 5.56 Å². The molecule has 0 bridgehead atoms. The van der Waals surface area contributed by atoms with Crippen LogP contribution >= 0.6 is 27.5 Å². The summed E-state index contributed by atoms with van der Waals surface area (Å²) in [4.78, 5) is 11.6. The van der Waals surface area contributed by atoms with Crippen molar-refractivity contribution in [1.29, 1.82) is 0 Å². The average molecular weight is 278 g/mol. The molecule has 1 aromatic carbocycles. The third-order valence-corrected chi connectivity index (χ3v) is 2.56. The molecule has 14 heavy (non-hydrogen) atoms. The molecule has 0 amide bonds. The van der Waals surface area contributed by atoms with Crippen molar-refractivity contribution in [1.82, 2.24) is 0 Å². The first kappa shape index (κ1) is 11.5. The molecule has 1 rings (SSSR count). The summed E-state index contributed by atoms with van der Waals surface area (Å²) in [5.41, 5.74) is 1.03. The highest BCUT2D eigenvalue weighted by molar-refractivity contribution is 9.09. The van der Waals surface area contributed by atoms with Crippen LogP contribution in [0, 0.1) is 0 Å². The van der Waals surface area contributed by atoms with Crippen LogP contribution in [0.1, 0.15) is 22.3 Å². The number of ketones is 1. The zero-order valence-electron chi connectivity index (χ0n) is 7.46. The van der Waals surface area contributed by atoms with Gasteiger partial charge in [-0.25, -0.2) is 0 Å². The number of carbonyl (C=O) groups is 1. The van der Waals surface area contributed by atoms with Gasteiger partial charge in [-0.3, -0.25) is 4.79 Å². The van der Waals surface area contributed by atoms with Gasteiger partial charge in [0.2, 0.25) is 0 Å². The minimum atomic E-state index is -0.0874. The predicted molar refractivity (Wildman–Crippen MR) is 60.4 cm³/mol. The fraction of sp³-hybridized carbons (Fsp3) is 0.300. The van der Waals surface area contributed by atoms with Gasteiger partial charge in [0.25, 0.3) is 0 Å². The normalized spacial score (nSPS) is 10.1. The lowest BCUT2D eigenvalue weighted by molar-refractivity contribution is 0.0986. The second kappa shape index (κ2) is 5.37. The molecule has 0 atom stereocenters. The van der Waals surface area contributed by atoms with Gasteiger partial charge >= 0.3 is 0 Å². The number of alkyl halides is 2. The Kier molecular flexibility index (Phi) is 4.42. The number of hydrogen-bond acceptors (Lipinski definition) is 2. The van der Waals surface area contributed by atoms with Gasteiger partial charge in [0.1, 0.15) is 5.75 Å². The van der Waals surface area contributed by atoms with E-state index in [2.05, 4.69) is 15.9 Å². The minimum absolute atomic E-state index is 0.00843. The lowest BCUT2D eigenvalue weighted by atomic mass is 10.0. The van der Waals surface area contributed by atoms with E-state index in [0.29, 0.717) is 22.9 Å². The molecule has 0 aliphatic heterocycles. The Balaban J connectivity index is 3.10. The number of rotatable bonds is 4. The van der Waals surface area contributed by atoms with Crippen LogP contribution in [0.3, 0.4) is 0 Å². The van der Waals surface area contributed by atoms with E-state index in [1.54, 1.807) is 12.1 Å². The molecule has 2 nitrogen and oxygen atoms in total. The van der Waals surface area contributed by atoms with Gasteiger partial charge in [-0.1, -0.05) is 28.1 Å². The molecule has 0 spiro atoms. The minimum Gasteiger partial charge on any atom is -0.507 e. The smallest absolute Gasteiger partial charge is 0.167 e. The van der Waals surface area contributed by atoms with Crippen molar-refractivity contribution < 1.29 is 9.90 Å². The van der Waals surface area contributed by atoms with E-state index in [9.17, 15) is 9.90 Å². The Morgan fingerprint density at radius 3 is 2.79 bits per heavy atom. The van der Waals surface area contributed by atoms with E-state index in [4.69, 9.17) is 11.6 Å². The first-order valence-corrected chi connectivity index (χ1v) is 5.82. The fourth-order valence-corrected chi connectivity index (χ4v) is 1.81. The molecule has 0 saturated heterocycles. The molecule has 0 aliphatic rings. The summed E-state index contributed by atoms with van der Waals surface area (Å²) in [5.74, 6) is 0.155. The summed E-state index contributed by atoms with van der Waals surface area (Å²) in [7, 11) is 0. The van der Waals surface area contributed by atoms with E-state index in [-0.39, 0.29) is 17.4 Å². The van der Waals surface area contributed by atoms with Crippen molar-refractivity contribution in [2.45, 2.75) is 12.3 Å². The second-order valence-electron chi connectivity index (χ2n) is 2.81. The quantitative estimate of drug-likeness (QED) is 0.678. The number of carbonyl (C=O) groups excluding carboxylic acids is 1. The van der Waals surface area contributed by atoms with Crippen molar-refractivity contribution in [3.8, 4) is 5.75 Å². The molecule has 0 heterocycles. The Bertz CT molecular complexity index is 339. The molecule has 1 aromatic rings. The summed E-state index contributed by atoms with van der Waals surface area (Å²) < 4.78 is 0. The SMILES string of the molecule is O=C(CCBr)c1c(O)cccc1CCl. The zero-order chi connectivity index (χ0) is 10.6. The monoisotopic (exact) mass is 276 g/mol. The maximum atomic E-state index is 11.6. The highest BCUT2D eigenvalue weighted by atomic mass is 79.9. The molecule has 0 aliphatic carbocycles. The lowest BCUT2D eigenvalue weighted by Gasteiger charge is -2.07. The number of halogens is 2. The fourth-order valence-electron chi connectivity index (χ4n) is 1.23. The second-order valence-corrected chi connectivity index (χ2v) is 3.87. The number of Topliss-reactive ketones (excluding diaryl/α,β-unsaturated/α-hetero) is 1. The number of phenolic OH excluding ortho intramolecular Hbond substituents is 1. The van der Waals surface area contributed by atoms with Crippen LogP contribution in [0.15, 0.2) is 18.2 Å². The van der Waals surface area contributed by atoms with Gasteiger partial charge in [-0.05, 0) is 11.6 Å². The summed E-state index contributed by atoms with van der Waals surface area (Å²) in [6.07, 6.45) is 0.363. The number of hydrogen-bond donors (Lipinski definition) is 1. The van der Waals surface area contributed by atoms with E-state index < -0.39 is 0 Å². The molecule has 76 valence electrons. The van der Waals surface area contributed by atoms with Gasteiger partial charge in [0, 0.05) is 17.6 Å². The van der Waals surface area contributed by atoms with Crippen LogP contribution in [0.25, 0.3) is 0 Å². The van der Waals surface area contributed by atoms with Crippen LogP contribution in [0.2, 0.25) is 0 Å². The lowest BCUT2D eigenvalue weighted by Crippen LogP contribution is -2.03. The van der Waals surface area contributed by atoms with Gasteiger partial charge in [-0.2, -0.15) is 0 Å². The van der Waals surface area contributed by atoms with Crippen molar-refractivity contribution >= 4 is 33.3 Å². The maximum Gasteiger partial charge on any atom is 0.167 e. The highest BCUT2D eigenvalue weighted by Gasteiger charge is 2.14. The van der Waals surface area contributed by atoms with Crippen molar-refractivity contribution in [2.24, 2.45) is 0 Å². The number of phenols is 1. The number of benzene rings is 1. The van der Waals surface area contributed by atoms with Crippen LogP contribution in [0.5, 0.6) is 5.75 Å². The van der Waals surface area contributed by atoms with Crippen LogP contribution in [-0.2, 0) is 5.88 Å². The summed E-state index contributed by atoms with van der Waals surface area (Å²) in [5, 5.41) is 10.1. The predicted octanol–water partition coefficient (Wildman–Crippen LogP) is 3.10. The maximum absolute atomic E-state index is 11.6. The highest BCUT2D eigenvalue weighted by Crippen LogP contribution is 2.24. The zero-order valence-corrected chi connectivity index (χ0v) is 9.81. The Morgan fingerprint density at radius 1 is 1.50 bits per heavy atom. The van der Waals surface area contributed by atoms with Crippen molar-refractivity contribution in [2.75, 3.05) is 5.33 Å². The molecule has 0 fully saturated rings. The largest absolute Gasteiger partial charge is 0.507 e. The molecule has 0 aromatic heterocycles. The van der Waals surface area contributed by atoms with Crippen molar-refractivity contribution in [3.05, 3.63) is 29.3 Å². The molecule has 0 saturated carbocycles. The van der Waals surface area contributed by atoms with Crippen LogP contribution < -0.4 is 0 Å². The molecular weight excluding hydrogens is 267 g/mol. The molecule has 1 N–H and O–H groups in total. The Hall–Kier alpha value is -0.540. The topological polar surface area (TPSA) is 37.3 Å². The van der Waals surface area contributed by atoms with Gasteiger partial charge in [0.15, 0.2) is 5.78 Å². The summed E-state index contributed by atoms with van der Waals surface area (Å²) in [6, 6.07) is 4.92. The summed E-state index contributed by atoms with van der Waals surface area (Å²) >= 11 is 8.86. The van der Waals surface area contributed by atoms with E-state index >= 15 is 0 Å². The Labute approximate surface area is 96.0 Å². The first-order chi connectivity index (χ1) is 6.70. The number of aromatic hydroxyl groups is 1. The van der Waals surface area contributed by atoms with E-state index in [1.807, 2.05) is 0 Å². The van der Waals surface area contributed by atoms with Gasteiger partial charge in [-0.15, -0.1) is 11.6 Å². The standard InChI is InChI=1S/C10H10BrClO2/c11-5-4-9(14)10-7(6-12)2-1-3-8(10)13/h1-3,13H,4-6H2. The van der Waals surface area contributed by atoms with Gasteiger partial charge < -0.3 is 5.11 Å². The Morgan fingerprint density at radius 2 is 2.21 bits per heavy atom.